The lowest BCUT2D eigenvalue weighted by molar-refractivity contribution is -0.137. The molecule has 1 N–H and O–H groups in total. The Hall–Kier alpha value is -2.19. The first-order valence-corrected chi connectivity index (χ1v) is 8.89. The number of ketones is 1. The van der Waals surface area contributed by atoms with Gasteiger partial charge in [-0.2, -0.15) is 13.2 Å². The van der Waals surface area contributed by atoms with Gasteiger partial charge >= 0.3 is 6.18 Å². The number of hydrogen-bond acceptors (Lipinski definition) is 5. The molecule has 8 heteroatoms. The molecule has 0 aliphatic rings. The van der Waals surface area contributed by atoms with Gasteiger partial charge in [0, 0.05) is 21.0 Å². The number of alkyl halides is 3. The van der Waals surface area contributed by atoms with Gasteiger partial charge in [-0.15, -0.1) is 11.3 Å². The van der Waals surface area contributed by atoms with E-state index in [9.17, 15) is 18.0 Å². The Labute approximate surface area is 150 Å². The highest BCUT2D eigenvalue weighted by molar-refractivity contribution is 7.18. The monoisotopic (exact) mass is 382 g/mol. The first-order chi connectivity index (χ1) is 11.7. The van der Waals surface area contributed by atoms with Crippen LogP contribution in [0.15, 0.2) is 36.5 Å². The van der Waals surface area contributed by atoms with Crippen LogP contribution in [0.3, 0.4) is 0 Å². The normalized spacial score (nSPS) is 11.6. The molecule has 0 amide bonds. The molecule has 0 fully saturated rings. The molecule has 3 rings (SSSR count). The van der Waals surface area contributed by atoms with E-state index in [1.807, 2.05) is 19.9 Å². The van der Waals surface area contributed by atoms with Gasteiger partial charge in [-0.05, 0) is 38.1 Å². The second kappa shape index (κ2) is 6.61. The molecule has 130 valence electrons. The molecule has 3 aromatic rings. The molecule has 0 saturated carbocycles. The predicted octanol–water partition coefficient (Wildman–Crippen LogP) is 5.81. The molecule has 0 atom stereocenters. The number of carbonyl (C=O) groups excluding carboxylic acids is 1. The summed E-state index contributed by atoms with van der Waals surface area (Å²) in [6, 6.07) is 6.69. The standard InChI is InChI=1S/C17H13F3N2OS2/c1-9-6-13(10(2)24-9)15(23)14-8-21-16(25-14)22-12-5-3-4-11(7-12)17(18,19)20/h3-8H,1-2H3,(H,21,22). The zero-order valence-corrected chi connectivity index (χ0v) is 14.9. The van der Waals surface area contributed by atoms with Crippen LogP contribution >= 0.6 is 22.7 Å². The second-order valence-electron chi connectivity index (χ2n) is 5.39. The van der Waals surface area contributed by atoms with E-state index >= 15 is 0 Å². The Morgan fingerprint density at radius 2 is 1.92 bits per heavy atom. The fraction of sp³-hybridized carbons (Fsp3) is 0.176. The minimum absolute atomic E-state index is 0.128. The van der Waals surface area contributed by atoms with Crippen molar-refractivity contribution >= 4 is 39.3 Å². The van der Waals surface area contributed by atoms with Crippen LogP contribution in [-0.4, -0.2) is 10.8 Å². The molecular formula is C17H13F3N2OS2. The van der Waals surface area contributed by atoms with Gasteiger partial charge in [0.05, 0.1) is 16.6 Å². The molecule has 2 aromatic heterocycles. The van der Waals surface area contributed by atoms with Crippen LogP contribution in [0.5, 0.6) is 0 Å². The van der Waals surface area contributed by atoms with Gasteiger partial charge in [0.2, 0.25) is 5.78 Å². The fourth-order valence-corrected chi connectivity index (χ4v) is 4.03. The SMILES string of the molecule is Cc1cc(C(=O)c2cnc(Nc3cccc(C(F)(F)F)c3)s2)c(C)s1. The number of thiophene rings is 1. The zero-order chi connectivity index (χ0) is 18.2. The molecular weight excluding hydrogens is 369 g/mol. The molecule has 0 spiro atoms. The van der Waals surface area contributed by atoms with E-state index in [0.717, 1.165) is 33.2 Å². The number of nitrogens with zero attached hydrogens (tertiary/aromatic N) is 1. The second-order valence-corrected chi connectivity index (χ2v) is 7.88. The topological polar surface area (TPSA) is 42.0 Å². The average Bonchev–Trinajstić information content (AvgIpc) is 3.12. The Balaban J connectivity index is 1.80. The average molecular weight is 382 g/mol. The molecule has 0 saturated heterocycles. The number of thiazole rings is 1. The molecule has 0 bridgehead atoms. The van der Waals surface area contributed by atoms with Gasteiger partial charge in [0.25, 0.3) is 0 Å². The number of anilines is 2. The lowest BCUT2D eigenvalue weighted by Crippen LogP contribution is -2.05. The highest BCUT2D eigenvalue weighted by Crippen LogP contribution is 2.32. The van der Waals surface area contributed by atoms with E-state index in [4.69, 9.17) is 0 Å². The maximum absolute atomic E-state index is 12.8. The first kappa shape index (κ1) is 17.6. The van der Waals surface area contributed by atoms with Gasteiger partial charge in [-0.1, -0.05) is 17.4 Å². The van der Waals surface area contributed by atoms with E-state index in [1.54, 1.807) is 11.3 Å². The van der Waals surface area contributed by atoms with Crippen molar-refractivity contribution in [1.82, 2.24) is 4.98 Å². The van der Waals surface area contributed by atoms with E-state index in [2.05, 4.69) is 10.3 Å². The molecule has 1 aromatic carbocycles. The summed E-state index contributed by atoms with van der Waals surface area (Å²) in [5.74, 6) is -0.128. The Bertz CT molecular complexity index is 928. The number of halogens is 3. The number of aryl methyl sites for hydroxylation is 2. The lowest BCUT2D eigenvalue weighted by atomic mass is 10.1. The minimum atomic E-state index is -4.41. The minimum Gasteiger partial charge on any atom is -0.332 e. The third kappa shape index (κ3) is 3.91. The molecule has 0 unspecified atom stereocenters. The van der Waals surface area contributed by atoms with Crippen LogP contribution in [0.1, 0.15) is 30.6 Å². The maximum atomic E-state index is 12.8. The predicted molar refractivity (Wildman–Crippen MR) is 94.1 cm³/mol. The molecule has 0 aliphatic heterocycles. The summed E-state index contributed by atoms with van der Waals surface area (Å²) in [7, 11) is 0. The van der Waals surface area contributed by atoms with Crippen LogP contribution in [0.25, 0.3) is 0 Å². The van der Waals surface area contributed by atoms with Crippen molar-refractivity contribution in [1.29, 1.82) is 0 Å². The number of nitrogens with one attached hydrogen (secondary N) is 1. The van der Waals surface area contributed by atoms with Gasteiger partial charge in [-0.3, -0.25) is 4.79 Å². The summed E-state index contributed by atoms with van der Waals surface area (Å²) in [6.45, 7) is 3.81. The van der Waals surface area contributed by atoms with E-state index in [-0.39, 0.29) is 11.5 Å². The summed E-state index contributed by atoms with van der Waals surface area (Å²) in [5, 5.41) is 3.19. The number of benzene rings is 1. The fourth-order valence-electron chi connectivity index (χ4n) is 2.32. The number of rotatable bonds is 4. The third-order valence-electron chi connectivity index (χ3n) is 3.46. The van der Waals surface area contributed by atoms with Crippen molar-refractivity contribution < 1.29 is 18.0 Å². The first-order valence-electron chi connectivity index (χ1n) is 7.26. The summed E-state index contributed by atoms with van der Waals surface area (Å²) in [4.78, 5) is 19.1. The molecule has 3 nitrogen and oxygen atoms in total. The summed E-state index contributed by atoms with van der Waals surface area (Å²) in [6.07, 6.45) is -2.97. The van der Waals surface area contributed by atoms with Crippen molar-refractivity contribution in [2.75, 3.05) is 5.32 Å². The maximum Gasteiger partial charge on any atom is 0.416 e. The zero-order valence-electron chi connectivity index (χ0n) is 13.3. The van der Waals surface area contributed by atoms with E-state index < -0.39 is 11.7 Å². The Kier molecular flexibility index (Phi) is 4.66. The van der Waals surface area contributed by atoms with E-state index in [1.165, 1.54) is 18.3 Å². The van der Waals surface area contributed by atoms with Crippen LogP contribution in [0, 0.1) is 13.8 Å². The Morgan fingerprint density at radius 1 is 1.16 bits per heavy atom. The molecule has 0 aliphatic carbocycles. The van der Waals surface area contributed by atoms with E-state index in [0.29, 0.717) is 15.6 Å². The highest BCUT2D eigenvalue weighted by atomic mass is 32.1. The number of hydrogen-bond donors (Lipinski definition) is 1. The van der Waals surface area contributed by atoms with Crippen molar-refractivity contribution in [2.24, 2.45) is 0 Å². The van der Waals surface area contributed by atoms with Crippen LogP contribution in [0.2, 0.25) is 0 Å². The van der Waals surface area contributed by atoms with Crippen molar-refractivity contribution in [2.45, 2.75) is 20.0 Å². The van der Waals surface area contributed by atoms with Crippen molar-refractivity contribution in [3.8, 4) is 0 Å². The third-order valence-corrected chi connectivity index (χ3v) is 5.33. The van der Waals surface area contributed by atoms with Gasteiger partial charge in [0.15, 0.2) is 5.13 Å². The highest BCUT2D eigenvalue weighted by Gasteiger charge is 2.30. The Morgan fingerprint density at radius 3 is 2.56 bits per heavy atom. The molecule has 2 heterocycles. The smallest absolute Gasteiger partial charge is 0.332 e. The quantitative estimate of drug-likeness (QED) is 0.579. The van der Waals surface area contributed by atoms with Crippen molar-refractivity contribution in [3.63, 3.8) is 0 Å². The summed E-state index contributed by atoms with van der Waals surface area (Å²) >= 11 is 2.66. The lowest BCUT2D eigenvalue weighted by Gasteiger charge is -2.08. The van der Waals surface area contributed by atoms with Crippen LogP contribution in [-0.2, 0) is 6.18 Å². The van der Waals surface area contributed by atoms with Gasteiger partial charge in [-0.25, -0.2) is 4.98 Å². The summed E-state index contributed by atoms with van der Waals surface area (Å²) in [5.41, 5.74) is 0.164. The number of aromatic nitrogens is 1. The molecule has 25 heavy (non-hydrogen) atoms. The van der Waals surface area contributed by atoms with Crippen LogP contribution in [0.4, 0.5) is 24.0 Å². The summed E-state index contributed by atoms with van der Waals surface area (Å²) < 4.78 is 38.3. The van der Waals surface area contributed by atoms with Crippen molar-refractivity contribution in [3.05, 3.63) is 62.3 Å². The van der Waals surface area contributed by atoms with Gasteiger partial charge < -0.3 is 5.32 Å². The molecule has 0 radical (unpaired) electrons. The van der Waals surface area contributed by atoms with Gasteiger partial charge in [0.1, 0.15) is 0 Å². The largest absolute Gasteiger partial charge is 0.416 e. The number of carbonyl (C=O) groups is 1. The van der Waals surface area contributed by atoms with Crippen LogP contribution < -0.4 is 5.32 Å².